The van der Waals surface area contributed by atoms with Crippen molar-refractivity contribution < 1.29 is 31.2 Å². The van der Waals surface area contributed by atoms with Crippen LogP contribution in [0.5, 0.6) is 0 Å². The van der Waals surface area contributed by atoms with E-state index in [1.165, 1.54) is 11.0 Å². The van der Waals surface area contributed by atoms with Crippen molar-refractivity contribution in [2.75, 3.05) is 23.7 Å². The molecule has 1 atom stereocenters. The van der Waals surface area contributed by atoms with E-state index in [1.54, 1.807) is 25.1 Å². The van der Waals surface area contributed by atoms with Gasteiger partial charge in [-0.3, -0.25) is 13.9 Å². The van der Waals surface area contributed by atoms with Gasteiger partial charge in [0.2, 0.25) is 21.8 Å². The molecule has 2 aromatic carbocycles. The number of nitrogens with one attached hydrogen (secondary N) is 1. The molecule has 0 fully saturated rings. The molecule has 0 radical (unpaired) electrons. The number of hydrogen-bond acceptors (Lipinski definition) is 4. The molecule has 2 aromatic rings. The van der Waals surface area contributed by atoms with Crippen LogP contribution in [-0.2, 0) is 32.3 Å². The summed E-state index contributed by atoms with van der Waals surface area (Å²) >= 11 is 12.6. The van der Waals surface area contributed by atoms with Crippen molar-refractivity contribution in [1.82, 2.24) is 10.2 Å². The fourth-order valence-electron chi connectivity index (χ4n) is 3.81. The van der Waals surface area contributed by atoms with E-state index in [2.05, 4.69) is 5.32 Å². The lowest BCUT2D eigenvalue weighted by atomic mass is 10.1. The predicted octanol–water partition coefficient (Wildman–Crippen LogP) is 5.89. The van der Waals surface area contributed by atoms with Gasteiger partial charge >= 0.3 is 6.18 Å². The molecule has 0 aliphatic carbocycles. The normalized spacial score (nSPS) is 12.6. The highest BCUT2D eigenvalue weighted by Gasteiger charge is 2.32. The molecular weight excluding hydrogens is 578 g/mol. The van der Waals surface area contributed by atoms with Crippen molar-refractivity contribution in [3.63, 3.8) is 0 Å². The van der Waals surface area contributed by atoms with E-state index in [-0.39, 0.29) is 37.5 Å². The van der Waals surface area contributed by atoms with Crippen molar-refractivity contribution in [3.8, 4) is 0 Å². The van der Waals surface area contributed by atoms with Gasteiger partial charge in [-0.25, -0.2) is 8.42 Å². The number of rotatable bonds is 13. The summed E-state index contributed by atoms with van der Waals surface area (Å²) in [6, 6.07) is 7.94. The van der Waals surface area contributed by atoms with Crippen LogP contribution >= 0.6 is 23.2 Å². The molecule has 13 heteroatoms. The van der Waals surface area contributed by atoms with Gasteiger partial charge in [-0.15, -0.1) is 0 Å². The second-order valence-electron chi connectivity index (χ2n) is 9.03. The molecule has 0 spiro atoms. The molecule has 0 bridgehead atoms. The lowest BCUT2D eigenvalue weighted by Gasteiger charge is -2.30. The molecule has 1 N–H and O–H groups in total. The third-order valence-corrected chi connectivity index (χ3v) is 7.90. The first-order valence-corrected chi connectivity index (χ1v) is 14.9. The number of halogens is 5. The van der Waals surface area contributed by atoms with Gasteiger partial charge in [0.25, 0.3) is 0 Å². The highest BCUT2D eigenvalue weighted by atomic mass is 35.5. The van der Waals surface area contributed by atoms with Gasteiger partial charge in [-0.1, -0.05) is 48.7 Å². The van der Waals surface area contributed by atoms with Crippen LogP contribution in [0.3, 0.4) is 0 Å². The average molecular weight is 611 g/mol. The predicted molar refractivity (Wildman–Crippen MR) is 147 cm³/mol. The maximum Gasteiger partial charge on any atom is 0.416 e. The number of carbonyl (C=O) groups is 2. The first kappa shape index (κ1) is 32.7. The number of hydrogen-bond donors (Lipinski definition) is 1. The second-order valence-corrected chi connectivity index (χ2v) is 11.8. The first-order valence-electron chi connectivity index (χ1n) is 12.3. The molecule has 0 unspecified atom stereocenters. The molecule has 0 saturated carbocycles. The molecule has 0 saturated heterocycles. The summed E-state index contributed by atoms with van der Waals surface area (Å²) in [4.78, 5) is 27.4. The van der Waals surface area contributed by atoms with Crippen LogP contribution in [0.2, 0.25) is 10.0 Å². The van der Waals surface area contributed by atoms with E-state index < -0.39 is 33.7 Å². The van der Waals surface area contributed by atoms with Gasteiger partial charge in [0.05, 0.1) is 17.5 Å². The van der Waals surface area contributed by atoms with Crippen molar-refractivity contribution in [3.05, 3.63) is 63.6 Å². The Kier molecular flexibility index (Phi) is 11.9. The number of carbonyl (C=O) groups excluding carboxylic acids is 2. The van der Waals surface area contributed by atoms with Crippen LogP contribution in [0.1, 0.15) is 50.7 Å². The molecular formula is C26H32Cl2F3N3O4S. The summed E-state index contributed by atoms with van der Waals surface area (Å²) in [5.41, 5.74) is -0.706. The zero-order chi connectivity index (χ0) is 29.4. The summed E-state index contributed by atoms with van der Waals surface area (Å²) in [7, 11) is -3.96. The number of alkyl halides is 3. The number of sulfonamides is 1. The van der Waals surface area contributed by atoms with Crippen LogP contribution in [0.15, 0.2) is 42.5 Å². The Hall–Kier alpha value is -2.50. The summed E-state index contributed by atoms with van der Waals surface area (Å²) in [6.07, 6.45) is -2.33. The summed E-state index contributed by atoms with van der Waals surface area (Å²) in [5.74, 6) is -0.844. The lowest BCUT2D eigenvalue weighted by Crippen LogP contribution is -2.48. The Morgan fingerprint density at radius 2 is 1.67 bits per heavy atom. The van der Waals surface area contributed by atoms with E-state index in [4.69, 9.17) is 23.2 Å². The van der Waals surface area contributed by atoms with E-state index in [0.717, 1.165) is 41.6 Å². The number of benzene rings is 2. The van der Waals surface area contributed by atoms with Gasteiger partial charge in [-0.05, 0) is 50.1 Å². The molecule has 0 aromatic heterocycles. The maximum absolute atomic E-state index is 13.3. The monoisotopic (exact) mass is 609 g/mol. The Bertz CT molecular complexity index is 1240. The van der Waals surface area contributed by atoms with Crippen LogP contribution in [0.25, 0.3) is 0 Å². The molecule has 216 valence electrons. The van der Waals surface area contributed by atoms with E-state index >= 15 is 0 Å². The fourth-order valence-corrected chi connectivity index (χ4v) is 5.29. The minimum Gasteiger partial charge on any atom is -0.354 e. The second kappa shape index (κ2) is 14.2. The molecule has 2 rings (SSSR count). The summed E-state index contributed by atoms with van der Waals surface area (Å²) < 4.78 is 65.2. The SMILES string of the molecule is CCCCNC(=O)[C@H](C)N(Cc1c(Cl)cccc1Cl)C(=O)CCCN(c1cccc(C(F)(F)F)c1)S(C)(=O)=O. The van der Waals surface area contributed by atoms with Crippen molar-refractivity contribution in [1.29, 1.82) is 0 Å². The number of unbranched alkanes of at least 4 members (excludes halogenated alkanes) is 1. The molecule has 39 heavy (non-hydrogen) atoms. The fraction of sp³-hybridized carbons (Fsp3) is 0.462. The number of anilines is 1. The third kappa shape index (κ3) is 9.58. The Morgan fingerprint density at radius 1 is 1.05 bits per heavy atom. The van der Waals surface area contributed by atoms with E-state index in [0.29, 0.717) is 22.2 Å². The zero-order valence-corrected chi connectivity index (χ0v) is 24.2. The maximum atomic E-state index is 13.3. The number of amides is 2. The number of nitrogens with zero attached hydrogens (tertiary/aromatic N) is 2. The molecule has 2 amide bonds. The lowest BCUT2D eigenvalue weighted by molar-refractivity contribution is -0.140. The van der Waals surface area contributed by atoms with E-state index in [1.807, 2.05) is 6.92 Å². The quantitative estimate of drug-likeness (QED) is 0.287. The molecule has 7 nitrogen and oxygen atoms in total. The topological polar surface area (TPSA) is 86.8 Å². The largest absolute Gasteiger partial charge is 0.416 e. The Balaban J connectivity index is 2.25. The smallest absolute Gasteiger partial charge is 0.354 e. The van der Waals surface area contributed by atoms with Crippen LogP contribution < -0.4 is 9.62 Å². The molecule has 0 aliphatic rings. The van der Waals surface area contributed by atoms with Crippen LogP contribution in [-0.4, -0.2) is 50.5 Å². The van der Waals surface area contributed by atoms with Crippen LogP contribution in [0, 0.1) is 0 Å². The highest BCUT2D eigenvalue weighted by Crippen LogP contribution is 2.32. The molecule has 0 aliphatic heterocycles. The summed E-state index contributed by atoms with van der Waals surface area (Å²) in [6.45, 7) is 3.67. The summed E-state index contributed by atoms with van der Waals surface area (Å²) in [5, 5.41) is 3.41. The zero-order valence-electron chi connectivity index (χ0n) is 21.9. The minimum atomic E-state index is -4.65. The standard InChI is InChI=1S/C26H32Cl2F3N3O4S/c1-4-5-14-32-25(36)18(2)33(17-21-22(27)11-7-12-23(21)28)24(35)13-8-15-34(39(3,37)38)20-10-6-9-19(16-20)26(29,30)31/h6-7,9-12,16,18H,4-5,8,13-15,17H2,1-3H3,(H,32,36)/t18-/m0/s1. The first-order chi connectivity index (χ1) is 18.2. The van der Waals surface area contributed by atoms with Crippen molar-refractivity contribution >= 4 is 50.7 Å². The van der Waals surface area contributed by atoms with Gasteiger partial charge in [0.15, 0.2) is 0 Å². The van der Waals surface area contributed by atoms with Gasteiger partial charge in [0, 0.05) is 41.7 Å². The average Bonchev–Trinajstić information content (AvgIpc) is 2.85. The van der Waals surface area contributed by atoms with Gasteiger partial charge < -0.3 is 10.2 Å². The van der Waals surface area contributed by atoms with Gasteiger partial charge in [0.1, 0.15) is 6.04 Å². The Morgan fingerprint density at radius 3 is 2.23 bits per heavy atom. The Labute approximate surface area is 237 Å². The van der Waals surface area contributed by atoms with Crippen molar-refractivity contribution in [2.45, 2.75) is 58.3 Å². The highest BCUT2D eigenvalue weighted by molar-refractivity contribution is 7.92. The minimum absolute atomic E-state index is 0.0148. The third-order valence-electron chi connectivity index (χ3n) is 6.00. The van der Waals surface area contributed by atoms with Crippen molar-refractivity contribution in [2.24, 2.45) is 0 Å². The molecule has 0 heterocycles. The van der Waals surface area contributed by atoms with E-state index in [9.17, 15) is 31.2 Å². The van der Waals surface area contributed by atoms with Gasteiger partial charge in [-0.2, -0.15) is 13.2 Å². The van der Waals surface area contributed by atoms with Crippen LogP contribution in [0.4, 0.5) is 18.9 Å².